The van der Waals surface area contributed by atoms with Gasteiger partial charge in [0.05, 0.1) is 16.7 Å². The predicted molar refractivity (Wildman–Crippen MR) is 191 cm³/mol. The van der Waals surface area contributed by atoms with E-state index in [1.807, 2.05) is 0 Å². The predicted octanol–water partition coefficient (Wildman–Crippen LogP) is 11.6. The first-order valence-electron chi connectivity index (χ1n) is 16.0. The Bertz CT molecular complexity index is 2350. The smallest absolute Gasteiger partial charge is 0.0582 e. The molecule has 0 radical (unpaired) electrons. The minimum absolute atomic E-state index is 0.149. The molecule has 0 bridgehead atoms. The van der Waals surface area contributed by atoms with Crippen molar-refractivity contribution in [2.24, 2.45) is 0 Å². The van der Waals surface area contributed by atoms with E-state index in [9.17, 15) is 0 Å². The zero-order chi connectivity index (χ0) is 30.1. The Morgan fingerprint density at radius 2 is 1.42 bits per heavy atom. The Morgan fingerprint density at radius 1 is 0.622 bits per heavy atom. The van der Waals surface area contributed by atoms with Gasteiger partial charge in [0.1, 0.15) is 0 Å². The van der Waals surface area contributed by atoms with E-state index in [2.05, 4.69) is 169 Å². The number of nitrogens with zero attached hydrogens (tertiary/aromatic N) is 2. The van der Waals surface area contributed by atoms with Crippen molar-refractivity contribution >= 4 is 44.0 Å². The van der Waals surface area contributed by atoms with E-state index in [1.54, 1.807) is 0 Å². The average Bonchev–Trinajstić information content (AvgIpc) is 3.42. The minimum Gasteiger partial charge on any atom is -0.314 e. The molecule has 0 fully saturated rings. The first-order valence-corrected chi connectivity index (χ1v) is 16.0. The third-order valence-corrected chi connectivity index (χ3v) is 9.97. The Hall–Kier alpha value is -5.34. The molecule has 216 valence electrons. The number of para-hydroxylation sites is 2. The summed E-state index contributed by atoms with van der Waals surface area (Å²) in [4.78, 5) is 2.44. The minimum atomic E-state index is -0.149. The lowest BCUT2D eigenvalue weighted by Gasteiger charge is -2.35. The molecule has 7 aromatic rings. The summed E-state index contributed by atoms with van der Waals surface area (Å²) in [6.45, 7) is 4.77. The molecule has 2 nitrogen and oxygen atoms in total. The summed E-state index contributed by atoms with van der Waals surface area (Å²) in [5.74, 6) is 0. The fourth-order valence-corrected chi connectivity index (χ4v) is 7.71. The Labute approximate surface area is 264 Å². The van der Waals surface area contributed by atoms with E-state index < -0.39 is 0 Å². The molecule has 0 unspecified atom stereocenters. The highest BCUT2D eigenvalue weighted by molar-refractivity contribution is 6.14. The zero-order valence-corrected chi connectivity index (χ0v) is 25.7. The maximum absolute atomic E-state index is 2.52. The summed E-state index contributed by atoms with van der Waals surface area (Å²) in [7, 11) is 0. The van der Waals surface area contributed by atoms with Gasteiger partial charge in [0.15, 0.2) is 0 Å². The monoisotopic (exact) mass is 578 g/mol. The molecule has 0 saturated heterocycles. The van der Waals surface area contributed by atoms with Crippen molar-refractivity contribution in [3.8, 4) is 16.8 Å². The average molecular weight is 579 g/mol. The summed E-state index contributed by atoms with van der Waals surface area (Å²) in [6.07, 6.45) is 8.80. The first kappa shape index (κ1) is 26.1. The highest BCUT2D eigenvalue weighted by atomic mass is 15.1. The third-order valence-electron chi connectivity index (χ3n) is 9.97. The molecule has 2 heterocycles. The zero-order valence-electron chi connectivity index (χ0n) is 25.7. The summed E-state index contributed by atoms with van der Waals surface area (Å²) in [5.41, 5.74) is 12.7. The van der Waals surface area contributed by atoms with Crippen LogP contribution in [0.25, 0.3) is 49.4 Å². The molecule has 0 atom stereocenters. The molecule has 0 spiro atoms. The van der Waals surface area contributed by atoms with Crippen molar-refractivity contribution in [1.29, 1.82) is 0 Å². The van der Waals surface area contributed by atoms with E-state index in [1.165, 1.54) is 77.6 Å². The van der Waals surface area contributed by atoms with Crippen LogP contribution in [-0.4, -0.2) is 4.57 Å². The van der Waals surface area contributed by atoms with E-state index >= 15 is 0 Å². The maximum atomic E-state index is 2.52. The molecular weight excluding hydrogens is 544 g/mol. The van der Waals surface area contributed by atoms with Gasteiger partial charge in [0.2, 0.25) is 0 Å². The van der Waals surface area contributed by atoms with Gasteiger partial charge < -0.3 is 9.47 Å². The van der Waals surface area contributed by atoms with Gasteiger partial charge in [-0.25, -0.2) is 0 Å². The van der Waals surface area contributed by atoms with Crippen LogP contribution in [-0.2, 0) is 5.41 Å². The quantitative estimate of drug-likeness (QED) is 0.202. The van der Waals surface area contributed by atoms with Crippen LogP contribution in [0.2, 0.25) is 0 Å². The van der Waals surface area contributed by atoms with Gasteiger partial charge in [0, 0.05) is 33.3 Å². The van der Waals surface area contributed by atoms with Gasteiger partial charge in [-0.05, 0) is 107 Å². The largest absolute Gasteiger partial charge is 0.314 e. The molecule has 1 aliphatic heterocycles. The summed E-state index contributed by atoms with van der Waals surface area (Å²) in [5, 5.41) is 5.13. The van der Waals surface area contributed by atoms with Gasteiger partial charge in [-0.1, -0.05) is 98.8 Å². The molecular formula is C43H34N2. The number of anilines is 2. The highest BCUT2D eigenvalue weighted by Crippen LogP contribution is 2.50. The number of aromatic nitrogens is 1. The lowest BCUT2D eigenvalue weighted by atomic mass is 9.74. The number of hydrogen-bond donors (Lipinski definition) is 0. The number of fused-ring (bicyclic) bond motifs is 6. The summed E-state index contributed by atoms with van der Waals surface area (Å²) in [6, 6.07) is 47.3. The number of benzene rings is 6. The summed E-state index contributed by atoms with van der Waals surface area (Å²) >= 11 is 0. The Morgan fingerprint density at radius 3 is 2.27 bits per heavy atom. The summed E-state index contributed by atoms with van der Waals surface area (Å²) < 4.78 is 2.52. The number of hydrogen-bond acceptors (Lipinski definition) is 1. The van der Waals surface area contributed by atoms with Gasteiger partial charge in [-0.3, -0.25) is 0 Å². The SMILES string of the molecule is CC1(C)c2ccccc2-n2c3ccc(N(C4=CC=CCC4)c4ccccc4)cc3c3cc(-c4ccc5ccccc5c4)cc1c32. The van der Waals surface area contributed by atoms with Crippen LogP contribution >= 0.6 is 0 Å². The molecule has 0 amide bonds. The Balaban J connectivity index is 1.36. The van der Waals surface area contributed by atoms with Crippen LogP contribution in [0.3, 0.4) is 0 Å². The van der Waals surface area contributed by atoms with Gasteiger partial charge in [-0.15, -0.1) is 0 Å². The van der Waals surface area contributed by atoms with Crippen LogP contribution in [0.15, 0.2) is 151 Å². The van der Waals surface area contributed by atoms with Gasteiger partial charge in [0.25, 0.3) is 0 Å². The molecule has 2 heteroatoms. The van der Waals surface area contributed by atoms with E-state index in [4.69, 9.17) is 0 Å². The van der Waals surface area contributed by atoms with Crippen LogP contribution in [0, 0.1) is 0 Å². The molecule has 1 aliphatic carbocycles. The van der Waals surface area contributed by atoms with Gasteiger partial charge >= 0.3 is 0 Å². The fourth-order valence-electron chi connectivity index (χ4n) is 7.71. The van der Waals surface area contributed by atoms with Crippen LogP contribution in [0.1, 0.15) is 37.8 Å². The van der Waals surface area contributed by atoms with Crippen LogP contribution in [0.4, 0.5) is 11.4 Å². The fraction of sp³-hybridized carbons (Fsp3) is 0.116. The van der Waals surface area contributed by atoms with Crippen molar-refractivity contribution in [1.82, 2.24) is 4.57 Å². The molecule has 1 aromatic heterocycles. The van der Waals surface area contributed by atoms with E-state index in [0.29, 0.717) is 0 Å². The lowest BCUT2D eigenvalue weighted by Crippen LogP contribution is -2.26. The van der Waals surface area contributed by atoms with Crippen molar-refractivity contribution < 1.29 is 0 Å². The van der Waals surface area contributed by atoms with Crippen molar-refractivity contribution in [3.05, 3.63) is 162 Å². The van der Waals surface area contributed by atoms with Crippen molar-refractivity contribution in [3.63, 3.8) is 0 Å². The molecule has 2 aliphatic rings. The lowest BCUT2D eigenvalue weighted by molar-refractivity contribution is 0.630. The van der Waals surface area contributed by atoms with Crippen LogP contribution in [0.5, 0.6) is 0 Å². The highest BCUT2D eigenvalue weighted by Gasteiger charge is 2.35. The molecule has 0 N–H and O–H groups in total. The van der Waals surface area contributed by atoms with Crippen LogP contribution < -0.4 is 4.90 Å². The van der Waals surface area contributed by atoms with E-state index in [-0.39, 0.29) is 5.41 Å². The molecule has 9 rings (SSSR count). The number of rotatable bonds is 4. The standard InChI is InChI=1S/C43H34N2/c1-43(2)38-19-11-12-20-41(38)45-40-24-23-35(44(33-15-5-3-6-16-33)34-17-7-4-8-18-34)28-36(40)37-26-32(27-39(43)42(37)45)31-22-21-29-13-9-10-14-30(29)25-31/h3-7,9-17,19-28H,8,18H2,1-2H3. The first-order chi connectivity index (χ1) is 22.1. The van der Waals surface area contributed by atoms with Crippen molar-refractivity contribution in [2.75, 3.05) is 4.90 Å². The second kappa shape index (κ2) is 9.84. The van der Waals surface area contributed by atoms with Gasteiger partial charge in [-0.2, -0.15) is 0 Å². The third kappa shape index (κ3) is 3.95. The molecule has 45 heavy (non-hydrogen) atoms. The van der Waals surface area contributed by atoms with E-state index in [0.717, 1.165) is 12.8 Å². The normalized spacial score (nSPS) is 14.9. The molecule has 0 saturated carbocycles. The topological polar surface area (TPSA) is 8.17 Å². The van der Waals surface area contributed by atoms with Crippen molar-refractivity contribution in [2.45, 2.75) is 32.1 Å². The second-order valence-electron chi connectivity index (χ2n) is 13.0. The Kier molecular flexibility index (Phi) is 5.70. The number of allylic oxidation sites excluding steroid dienone is 4. The molecule has 6 aromatic carbocycles. The second-order valence-corrected chi connectivity index (χ2v) is 13.0. The maximum Gasteiger partial charge on any atom is 0.0582 e.